The van der Waals surface area contributed by atoms with E-state index < -0.39 is 28.0 Å². The van der Waals surface area contributed by atoms with Crippen LogP contribution < -0.4 is 15.2 Å². The minimum absolute atomic E-state index is 0.0840. The standard InChI is InChI=1S/C24H22N4O6S/c1-14(23(29)26-17-6-10-19(11-7-17)35(25,31)32)34-24(30)16-5-12-20-21(13-16)28-22(27-20)15-3-8-18(33-2)9-4-15/h3-14H,1-2H3,(H,26,29)(H,27,28)(H2,25,31,32). The number of primary sulfonamides is 1. The molecule has 1 amide bonds. The summed E-state index contributed by atoms with van der Waals surface area (Å²) in [4.78, 5) is 32.7. The third-order valence-electron chi connectivity index (χ3n) is 5.18. The lowest BCUT2D eigenvalue weighted by atomic mass is 10.2. The number of rotatable bonds is 7. The van der Waals surface area contributed by atoms with Gasteiger partial charge in [0, 0.05) is 11.3 Å². The van der Waals surface area contributed by atoms with Crippen molar-refractivity contribution in [3.8, 4) is 17.1 Å². The normalized spacial score (nSPS) is 12.2. The molecule has 0 aliphatic heterocycles. The summed E-state index contributed by atoms with van der Waals surface area (Å²) in [6.45, 7) is 1.43. The molecule has 1 aromatic heterocycles. The van der Waals surface area contributed by atoms with Crippen LogP contribution in [0.5, 0.6) is 5.75 Å². The Hall–Kier alpha value is -4.22. The molecule has 10 nitrogen and oxygen atoms in total. The lowest BCUT2D eigenvalue weighted by Crippen LogP contribution is -2.30. The largest absolute Gasteiger partial charge is 0.497 e. The lowest BCUT2D eigenvalue weighted by molar-refractivity contribution is -0.123. The fraction of sp³-hybridized carbons (Fsp3) is 0.125. The summed E-state index contributed by atoms with van der Waals surface area (Å²) >= 11 is 0. The van der Waals surface area contributed by atoms with E-state index >= 15 is 0 Å². The lowest BCUT2D eigenvalue weighted by Gasteiger charge is -2.13. The average Bonchev–Trinajstić information content (AvgIpc) is 3.27. The van der Waals surface area contributed by atoms with E-state index in [0.717, 1.165) is 11.3 Å². The van der Waals surface area contributed by atoms with Crippen LogP contribution in [-0.2, 0) is 19.6 Å². The van der Waals surface area contributed by atoms with Gasteiger partial charge in [-0.25, -0.2) is 23.3 Å². The first kappa shape index (κ1) is 23.9. The number of H-pyrrole nitrogens is 1. The summed E-state index contributed by atoms with van der Waals surface area (Å²) in [7, 11) is -2.25. The quantitative estimate of drug-likeness (QED) is 0.334. The van der Waals surface area contributed by atoms with E-state index in [0.29, 0.717) is 22.5 Å². The number of carbonyl (C=O) groups is 2. The Morgan fingerprint density at radius 3 is 2.34 bits per heavy atom. The van der Waals surface area contributed by atoms with Gasteiger partial charge in [0.2, 0.25) is 10.0 Å². The summed E-state index contributed by atoms with van der Waals surface area (Å²) in [6.07, 6.45) is -1.10. The number of nitrogens with one attached hydrogen (secondary N) is 2. The van der Waals surface area contributed by atoms with Crippen molar-refractivity contribution >= 4 is 38.6 Å². The number of aromatic nitrogens is 2. The average molecular weight is 495 g/mol. The SMILES string of the molecule is COc1ccc(-c2nc3ccc(C(=O)OC(C)C(=O)Nc4ccc(S(N)(=O)=O)cc4)cc3[nH]2)cc1. The minimum Gasteiger partial charge on any atom is -0.497 e. The molecule has 35 heavy (non-hydrogen) atoms. The van der Waals surface area contributed by atoms with Gasteiger partial charge in [-0.15, -0.1) is 0 Å². The zero-order chi connectivity index (χ0) is 25.2. The maximum absolute atomic E-state index is 12.6. The van der Waals surface area contributed by atoms with Gasteiger partial charge in [-0.05, 0) is 73.7 Å². The molecule has 4 aromatic rings. The van der Waals surface area contributed by atoms with Gasteiger partial charge in [-0.1, -0.05) is 0 Å². The van der Waals surface area contributed by atoms with Gasteiger partial charge >= 0.3 is 5.97 Å². The number of sulfonamides is 1. The predicted octanol–water partition coefficient (Wildman–Crippen LogP) is 3.07. The highest BCUT2D eigenvalue weighted by Crippen LogP contribution is 2.24. The smallest absolute Gasteiger partial charge is 0.338 e. The molecule has 0 radical (unpaired) electrons. The second kappa shape index (κ2) is 9.57. The van der Waals surface area contributed by atoms with Crippen LogP contribution >= 0.6 is 0 Å². The van der Waals surface area contributed by atoms with Crippen LogP contribution in [0.1, 0.15) is 17.3 Å². The van der Waals surface area contributed by atoms with Crippen molar-refractivity contribution in [3.05, 3.63) is 72.3 Å². The summed E-state index contributed by atoms with van der Waals surface area (Å²) in [5.41, 5.74) is 2.74. The van der Waals surface area contributed by atoms with Crippen molar-refractivity contribution in [3.63, 3.8) is 0 Å². The third kappa shape index (κ3) is 5.48. The third-order valence-corrected chi connectivity index (χ3v) is 6.11. The minimum atomic E-state index is -3.84. The van der Waals surface area contributed by atoms with Crippen molar-refractivity contribution in [2.45, 2.75) is 17.9 Å². The summed E-state index contributed by atoms with van der Waals surface area (Å²) in [5.74, 6) is 0.105. The number of aromatic amines is 1. The van der Waals surface area contributed by atoms with Crippen molar-refractivity contribution in [2.24, 2.45) is 5.14 Å². The fourth-order valence-electron chi connectivity index (χ4n) is 3.28. The zero-order valence-corrected chi connectivity index (χ0v) is 19.6. The number of nitrogens with two attached hydrogens (primary N) is 1. The molecule has 0 fully saturated rings. The molecule has 1 atom stereocenters. The van der Waals surface area contributed by atoms with E-state index in [1.807, 2.05) is 24.3 Å². The van der Waals surface area contributed by atoms with Crippen LogP contribution in [0.3, 0.4) is 0 Å². The first-order valence-corrected chi connectivity index (χ1v) is 12.0. The second-order valence-electron chi connectivity index (χ2n) is 7.65. The van der Waals surface area contributed by atoms with Gasteiger partial charge in [0.1, 0.15) is 11.6 Å². The maximum atomic E-state index is 12.6. The summed E-state index contributed by atoms with van der Waals surface area (Å²) in [5, 5.41) is 7.62. The Kier molecular flexibility index (Phi) is 6.54. The molecular weight excluding hydrogens is 472 g/mol. The molecule has 4 N–H and O–H groups in total. The van der Waals surface area contributed by atoms with Crippen molar-refractivity contribution in [2.75, 3.05) is 12.4 Å². The van der Waals surface area contributed by atoms with E-state index in [-0.39, 0.29) is 10.5 Å². The Balaban J connectivity index is 1.43. The number of benzene rings is 3. The van der Waals surface area contributed by atoms with E-state index in [1.165, 1.54) is 31.2 Å². The molecule has 0 saturated carbocycles. The Morgan fingerprint density at radius 2 is 1.71 bits per heavy atom. The number of carbonyl (C=O) groups excluding carboxylic acids is 2. The monoisotopic (exact) mass is 494 g/mol. The van der Waals surface area contributed by atoms with E-state index in [1.54, 1.807) is 25.3 Å². The van der Waals surface area contributed by atoms with Crippen molar-refractivity contribution in [1.29, 1.82) is 0 Å². The Bertz CT molecular complexity index is 1500. The van der Waals surface area contributed by atoms with Crippen LogP contribution in [0.2, 0.25) is 0 Å². The number of fused-ring (bicyclic) bond motifs is 1. The number of ether oxygens (including phenoxy) is 2. The van der Waals surface area contributed by atoms with E-state index in [9.17, 15) is 18.0 Å². The molecule has 1 heterocycles. The van der Waals surface area contributed by atoms with Gasteiger partial charge in [-0.3, -0.25) is 4.79 Å². The first-order chi connectivity index (χ1) is 16.6. The number of hydrogen-bond donors (Lipinski definition) is 3. The van der Waals surface area contributed by atoms with Crippen LogP contribution in [0.15, 0.2) is 71.6 Å². The summed E-state index contributed by atoms with van der Waals surface area (Å²) in [6, 6.07) is 17.6. The molecule has 3 aromatic carbocycles. The topological polar surface area (TPSA) is 153 Å². The molecule has 180 valence electrons. The number of methoxy groups -OCH3 is 1. The second-order valence-corrected chi connectivity index (χ2v) is 9.21. The number of nitrogens with zero attached hydrogens (tertiary/aromatic N) is 1. The number of hydrogen-bond acceptors (Lipinski definition) is 7. The van der Waals surface area contributed by atoms with Gasteiger partial charge in [0.15, 0.2) is 6.10 Å². The van der Waals surface area contributed by atoms with E-state index in [2.05, 4.69) is 15.3 Å². The molecule has 0 saturated heterocycles. The highest BCUT2D eigenvalue weighted by molar-refractivity contribution is 7.89. The van der Waals surface area contributed by atoms with Crippen LogP contribution in [0.4, 0.5) is 5.69 Å². The molecular formula is C24H22N4O6S. The number of imidazole rings is 1. The Labute approximate surface area is 201 Å². The van der Waals surface area contributed by atoms with E-state index in [4.69, 9.17) is 14.6 Å². The van der Waals surface area contributed by atoms with Gasteiger partial charge < -0.3 is 19.8 Å². The van der Waals surface area contributed by atoms with Crippen molar-refractivity contribution in [1.82, 2.24) is 9.97 Å². The highest BCUT2D eigenvalue weighted by atomic mass is 32.2. The fourth-order valence-corrected chi connectivity index (χ4v) is 3.79. The van der Waals surface area contributed by atoms with Crippen molar-refractivity contribution < 1.29 is 27.5 Å². The Morgan fingerprint density at radius 1 is 1.03 bits per heavy atom. The predicted molar refractivity (Wildman–Crippen MR) is 129 cm³/mol. The zero-order valence-electron chi connectivity index (χ0n) is 18.8. The molecule has 1 unspecified atom stereocenters. The molecule has 11 heteroatoms. The maximum Gasteiger partial charge on any atom is 0.338 e. The van der Waals surface area contributed by atoms with Crippen LogP contribution in [0.25, 0.3) is 22.4 Å². The molecule has 0 aliphatic rings. The first-order valence-electron chi connectivity index (χ1n) is 10.4. The molecule has 0 aliphatic carbocycles. The summed E-state index contributed by atoms with van der Waals surface area (Å²) < 4.78 is 33.1. The number of amides is 1. The molecule has 0 spiro atoms. The molecule has 4 rings (SSSR count). The molecule has 0 bridgehead atoms. The van der Waals surface area contributed by atoms with Gasteiger partial charge in [-0.2, -0.15) is 0 Å². The van der Waals surface area contributed by atoms with Crippen LogP contribution in [0, 0.1) is 0 Å². The number of esters is 1. The highest BCUT2D eigenvalue weighted by Gasteiger charge is 2.20. The van der Waals surface area contributed by atoms with Crippen LogP contribution in [-0.4, -0.2) is 43.5 Å². The van der Waals surface area contributed by atoms with Gasteiger partial charge in [0.05, 0.1) is 28.6 Å². The number of anilines is 1. The van der Waals surface area contributed by atoms with Gasteiger partial charge in [0.25, 0.3) is 5.91 Å².